The highest BCUT2D eigenvalue weighted by Crippen LogP contribution is 2.33. The maximum absolute atomic E-state index is 4.50. The molecule has 17 heavy (non-hydrogen) atoms. The highest BCUT2D eigenvalue weighted by Gasteiger charge is 2.33. The van der Waals surface area contributed by atoms with E-state index in [1.54, 1.807) is 6.33 Å². The number of hydrogen-bond acceptors (Lipinski definition) is 3. The topological polar surface area (TPSA) is 29.0 Å². The fourth-order valence-electron chi connectivity index (χ4n) is 2.30. The molecule has 0 atom stereocenters. The van der Waals surface area contributed by atoms with Crippen LogP contribution >= 0.6 is 0 Å². The van der Waals surface area contributed by atoms with E-state index in [-0.39, 0.29) is 11.0 Å². The Morgan fingerprint density at radius 2 is 1.65 bits per heavy atom. The van der Waals surface area contributed by atoms with Gasteiger partial charge in [-0.15, -0.1) is 0 Å². The van der Waals surface area contributed by atoms with E-state index >= 15 is 0 Å². The Morgan fingerprint density at radius 1 is 1.00 bits per heavy atom. The quantitative estimate of drug-likeness (QED) is 0.690. The Labute approximate surface area is 104 Å². The molecule has 0 aromatic carbocycles. The first kappa shape index (κ1) is 12.5. The summed E-state index contributed by atoms with van der Waals surface area (Å²) in [4.78, 5) is 11.4. The Morgan fingerprint density at radius 3 is 2.18 bits per heavy atom. The van der Waals surface area contributed by atoms with Crippen molar-refractivity contribution in [1.29, 1.82) is 0 Å². The Kier molecular flexibility index (Phi) is 2.77. The van der Waals surface area contributed by atoms with Gasteiger partial charge >= 0.3 is 0 Å². The second-order valence-corrected chi connectivity index (χ2v) is 6.92. The molecule has 0 amide bonds. The fraction of sp³-hybridized carbons (Fsp3) is 0.714. The highest BCUT2D eigenvalue weighted by atomic mass is 15.2. The van der Waals surface area contributed by atoms with Crippen molar-refractivity contribution < 1.29 is 0 Å². The van der Waals surface area contributed by atoms with Crippen LogP contribution in [0.3, 0.4) is 0 Å². The van der Waals surface area contributed by atoms with Gasteiger partial charge in [0.15, 0.2) is 0 Å². The molecular weight excluding hydrogens is 210 g/mol. The molecule has 0 saturated carbocycles. The van der Waals surface area contributed by atoms with Crippen molar-refractivity contribution in [3.63, 3.8) is 0 Å². The van der Waals surface area contributed by atoms with Gasteiger partial charge in [-0.2, -0.15) is 0 Å². The minimum atomic E-state index is 0.0981. The van der Waals surface area contributed by atoms with Gasteiger partial charge in [-0.25, -0.2) is 9.97 Å². The van der Waals surface area contributed by atoms with E-state index in [0.29, 0.717) is 0 Å². The van der Waals surface area contributed by atoms with Crippen molar-refractivity contribution in [2.24, 2.45) is 0 Å². The van der Waals surface area contributed by atoms with Crippen molar-refractivity contribution in [3.8, 4) is 0 Å². The summed E-state index contributed by atoms with van der Waals surface area (Å²) in [6.07, 6.45) is 1.71. The molecule has 0 spiro atoms. The van der Waals surface area contributed by atoms with E-state index in [2.05, 4.69) is 56.4 Å². The lowest BCUT2D eigenvalue weighted by atomic mass is 9.88. The van der Waals surface area contributed by atoms with E-state index in [4.69, 9.17) is 0 Å². The van der Waals surface area contributed by atoms with Crippen LogP contribution in [0.15, 0.2) is 6.33 Å². The molecule has 3 heteroatoms. The molecule has 1 aromatic heterocycles. The van der Waals surface area contributed by atoms with Gasteiger partial charge in [0.2, 0.25) is 0 Å². The van der Waals surface area contributed by atoms with Crippen LogP contribution in [0, 0.1) is 0 Å². The Bertz CT molecular complexity index is 424. The van der Waals surface area contributed by atoms with Gasteiger partial charge in [-0.1, -0.05) is 20.8 Å². The van der Waals surface area contributed by atoms with E-state index < -0.39 is 0 Å². The van der Waals surface area contributed by atoms with Gasteiger partial charge in [0.05, 0.1) is 11.4 Å². The predicted molar refractivity (Wildman–Crippen MR) is 69.7 cm³/mol. The maximum atomic E-state index is 4.50. The first-order valence-corrected chi connectivity index (χ1v) is 6.28. The molecule has 1 aromatic rings. The van der Waals surface area contributed by atoms with Crippen LogP contribution < -0.4 is 0 Å². The van der Waals surface area contributed by atoms with E-state index in [9.17, 15) is 0 Å². The van der Waals surface area contributed by atoms with Crippen LogP contribution in [-0.4, -0.2) is 20.4 Å². The number of nitrogens with zero attached hydrogens (tertiary/aromatic N) is 3. The third kappa shape index (κ3) is 2.34. The molecule has 2 rings (SSSR count). The molecule has 0 saturated heterocycles. The number of rotatable bonds is 0. The van der Waals surface area contributed by atoms with Gasteiger partial charge in [0.1, 0.15) is 6.33 Å². The van der Waals surface area contributed by atoms with Crippen molar-refractivity contribution in [3.05, 3.63) is 23.3 Å². The monoisotopic (exact) mass is 233 g/mol. The standard InChI is InChI=1S/C14H23N3/c1-13(2,3)12-10-7-17(14(4,5)6)8-11(10)15-9-16-12/h9H,7-8H2,1-6H3. The van der Waals surface area contributed by atoms with Crippen molar-refractivity contribution in [2.75, 3.05) is 0 Å². The fourth-order valence-corrected chi connectivity index (χ4v) is 2.30. The van der Waals surface area contributed by atoms with Crippen molar-refractivity contribution >= 4 is 0 Å². The summed E-state index contributed by atoms with van der Waals surface area (Å²) in [5, 5.41) is 0. The lowest BCUT2D eigenvalue weighted by Gasteiger charge is -2.31. The summed E-state index contributed by atoms with van der Waals surface area (Å²) in [7, 11) is 0. The molecule has 94 valence electrons. The van der Waals surface area contributed by atoms with Crippen LogP contribution in [0.4, 0.5) is 0 Å². The molecule has 1 aliphatic heterocycles. The SMILES string of the molecule is CC(C)(C)c1ncnc2c1CN(C(C)(C)C)C2. The number of hydrogen-bond donors (Lipinski definition) is 0. The zero-order chi connectivity index (χ0) is 12.8. The lowest BCUT2D eigenvalue weighted by Crippen LogP contribution is -2.37. The summed E-state index contributed by atoms with van der Waals surface area (Å²) in [6.45, 7) is 15.3. The number of fused-ring (bicyclic) bond motifs is 1. The molecule has 3 nitrogen and oxygen atoms in total. The van der Waals surface area contributed by atoms with Crippen LogP contribution in [-0.2, 0) is 18.5 Å². The third-order valence-corrected chi connectivity index (χ3v) is 3.38. The molecule has 0 bridgehead atoms. The smallest absolute Gasteiger partial charge is 0.116 e. The largest absolute Gasteiger partial charge is 0.288 e. The molecule has 2 heterocycles. The molecule has 0 unspecified atom stereocenters. The molecule has 1 aliphatic rings. The normalized spacial score (nSPS) is 17.3. The predicted octanol–water partition coefficient (Wildman–Crippen LogP) is 2.89. The van der Waals surface area contributed by atoms with Gasteiger partial charge in [0, 0.05) is 29.6 Å². The average molecular weight is 233 g/mol. The van der Waals surface area contributed by atoms with E-state index in [1.807, 2.05) is 0 Å². The third-order valence-electron chi connectivity index (χ3n) is 3.38. The maximum Gasteiger partial charge on any atom is 0.116 e. The van der Waals surface area contributed by atoms with E-state index in [1.165, 1.54) is 17.0 Å². The van der Waals surface area contributed by atoms with Crippen molar-refractivity contribution in [2.45, 2.75) is 65.6 Å². The summed E-state index contributed by atoms with van der Waals surface area (Å²) >= 11 is 0. The van der Waals surface area contributed by atoms with Crippen molar-refractivity contribution in [1.82, 2.24) is 14.9 Å². The minimum absolute atomic E-state index is 0.0981. The summed E-state index contributed by atoms with van der Waals surface area (Å²) in [6, 6.07) is 0. The Hall–Kier alpha value is -0.960. The molecular formula is C14H23N3. The first-order chi connectivity index (χ1) is 7.69. The molecule has 0 aliphatic carbocycles. The van der Waals surface area contributed by atoms with Gasteiger partial charge in [-0.3, -0.25) is 4.90 Å². The van der Waals surface area contributed by atoms with Gasteiger partial charge < -0.3 is 0 Å². The molecule has 0 N–H and O–H groups in total. The van der Waals surface area contributed by atoms with Crippen LogP contribution in [0.5, 0.6) is 0 Å². The second kappa shape index (κ2) is 3.77. The van der Waals surface area contributed by atoms with Gasteiger partial charge in [0.25, 0.3) is 0 Å². The molecule has 0 fully saturated rings. The summed E-state index contributed by atoms with van der Waals surface area (Å²) in [5.41, 5.74) is 4.04. The van der Waals surface area contributed by atoms with Crippen LogP contribution in [0.1, 0.15) is 58.5 Å². The first-order valence-electron chi connectivity index (χ1n) is 6.28. The zero-order valence-corrected chi connectivity index (χ0v) is 11.8. The second-order valence-electron chi connectivity index (χ2n) is 6.92. The summed E-state index contributed by atoms with van der Waals surface area (Å²) < 4.78 is 0. The lowest BCUT2D eigenvalue weighted by molar-refractivity contribution is 0.135. The molecule has 0 radical (unpaired) electrons. The minimum Gasteiger partial charge on any atom is -0.288 e. The summed E-state index contributed by atoms with van der Waals surface area (Å²) in [5.74, 6) is 0. The Balaban J connectivity index is 2.39. The van der Waals surface area contributed by atoms with Crippen LogP contribution in [0.2, 0.25) is 0 Å². The van der Waals surface area contributed by atoms with E-state index in [0.717, 1.165) is 13.1 Å². The van der Waals surface area contributed by atoms with Crippen LogP contribution in [0.25, 0.3) is 0 Å². The highest BCUT2D eigenvalue weighted by molar-refractivity contribution is 5.32. The number of aromatic nitrogens is 2. The van der Waals surface area contributed by atoms with Gasteiger partial charge in [-0.05, 0) is 20.8 Å². The zero-order valence-electron chi connectivity index (χ0n) is 11.8. The average Bonchev–Trinajstić information content (AvgIpc) is 2.57.